The topological polar surface area (TPSA) is 85.3 Å². The molecule has 1 atom stereocenters. The maximum absolute atomic E-state index is 13.9. The van der Waals surface area contributed by atoms with Crippen molar-refractivity contribution >= 4 is 39.0 Å². The van der Waals surface area contributed by atoms with Crippen LogP contribution in [0.4, 0.5) is 4.39 Å². The fourth-order valence-electron chi connectivity index (χ4n) is 3.99. The Balaban J connectivity index is 1.49. The molecule has 0 spiro atoms. The summed E-state index contributed by atoms with van der Waals surface area (Å²) in [5.41, 5.74) is 8.40. The predicted octanol–water partition coefficient (Wildman–Crippen LogP) is 6.44. The Morgan fingerprint density at radius 1 is 1.21 bits per heavy atom. The van der Waals surface area contributed by atoms with Crippen LogP contribution in [0.5, 0.6) is 11.5 Å². The van der Waals surface area contributed by atoms with Gasteiger partial charge in [-0.2, -0.15) is 5.26 Å². The van der Waals surface area contributed by atoms with Gasteiger partial charge in [-0.05, 0) is 42.3 Å². The number of nitriles is 1. The van der Waals surface area contributed by atoms with Crippen LogP contribution >= 0.6 is 22.9 Å². The molecular weight excluding hydrogens is 475 g/mol. The van der Waals surface area contributed by atoms with Crippen LogP contribution < -0.4 is 15.2 Å². The zero-order valence-electron chi connectivity index (χ0n) is 17.8. The standard InChI is InChI=1S/C26H16ClFN2O3S/c1-13-5-7-18-21(9-13)34-24(23(18)27)26(31)32-16-6-8-17-20(11-16)33-25(30)19(12-29)22(17)14-3-2-4-15(28)10-14/h2-11,22H,30H2,1H3. The number of carbonyl (C=O) groups is 1. The van der Waals surface area contributed by atoms with E-state index in [1.54, 1.807) is 24.3 Å². The van der Waals surface area contributed by atoms with E-state index in [0.29, 0.717) is 26.8 Å². The highest BCUT2D eigenvalue weighted by Crippen LogP contribution is 2.44. The van der Waals surface area contributed by atoms with Crippen molar-refractivity contribution in [2.24, 2.45) is 5.73 Å². The van der Waals surface area contributed by atoms with Gasteiger partial charge in [-0.25, -0.2) is 9.18 Å². The summed E-state index contributed by atoms with van der Waals surface area (Å²) in [6.45, 7) is 1.97. The average Bonchev–Trinajstić information content (AvgIpc) is 3.13. The summed E-state index contributed by atoms with van der Waals surface area (Å²) in [4.78, 5) is 13.2. The third-order valence-corrected chi connectivity index (χ3v) is 7.19. The van der Waals surface area contributed by atoms with E-state index in [9.17, 15) is 14.4 Å². The highest BCUT2D eigenvalue weighted by atomic mass is 35.5. The number of allylic oxidation sites excluding steroid dienone is 1. The van der Waals surface area contributed by atoms with Crippen molar-refractivity contribution in [3.63, 3.8) is 0 Å². The number of ether oxygens (including phenoxy) is 2. The lowest BCUT2D eigenvalue weighted by Crippen LogP contribution is -2.21. The van der Waals surface area contributed by atoms with Crippen molar-refractivity contribution in [2.75, 3.05) is 0 Å². The van der Waals surface area contributed by atoms with Crippen molar-refractivity contribution < 1.29 is 18.7 Å². The molecule has 5 nitrogen and oxygen atoms in total. The molecule has 1 aliphatic rings. The van der Waals surface area contributed by atoms with Gasteiger partial charge in [0, 0.05) is 21.7 Å². The Morgan fingerprint density at radius 3 is 2.79 bits per heavy atom. The van der Waals surface area contributed by atoms with Gasteiger partial charge in [0.05, 0.1) is 10.9 Å². The van der Waals surface area contributed by atoms with Crippen LogP contribution in [0.25, 0.3) is 10.1 Å². The number of aryl methyl sites for hydroxylation is 1. The van der Waals surface area contributed by atoms with E-state index in [-0.39, 0.29) is 17.2 Å². The zero-order valence-corrected chi connectivity index (χ0v) is 19.3. The van der Waals surface area contributed by atoms with Crippen LogP contribution in [0.2, 0.25) is 5.02 Å². The van der Waals surface area contributed by atoms with Crippen molar-refractivity contribution in [3.8, 4) is 17.6 Å². The lowest BCUT2D eigenvalue weighted by atomic mass is 9.83. The van der Waals surface area contributed by atoms with Crippen molar-refractivity contribution in [3.05, 3.63) is 105 Å². The van der Waals surface area contributed by atoms with Gasteiger partial charge in [0.2, 0.25) is 5.88 Å². The molecule has 0 amide bonds. The van der Waals surface area contributed by atoms with Crippen LogP contribution in [0, 0.1) is 24.1 Å². The zero-order chi connectivity index (χ0) is 24.0. The fourth-order valence-corrected chi connectivity index (χ4v) is 5.47. The van der Waals surface area contributed by atoms with Gasteiger partial charge < -0.3 is 15.2 Å². The Morgan fingerprint density at radius 2 is 2.03 bits per heavy atom. The molecule has 0 aliphatic carbocycles. The normalized spacial score (nSPS) is 14.9. The highest BCUT2D eigenvalue weighted by molar-refractivity contribution is 7.21. The largest absolute Gasteiger partial charge is 0.440 e. The third kappa shape index (κ3) is 3.77. The summed E-state index contributed by atoms with van der Waals surface area (Å²) < 4.78 is 26.0. The molecule has 0 saturated heterocycles. The van der Waals surface area contributed by atoms with E-state index >= 15 is 0 Å². The van der Waals surface area contributed by atoms with Gasteiger partial charge in [0.25, 0.3) is 0 Å². The molecule has 3 aromatic carbocycles. The molecule has 0 radical (unpaired) electrons. The first-order chi connectivity index (χ1) is 16.4. The second-order valence-corrected chi connectivity index (χ2v) is 9.24. The number of hydrogen-bond acceptors (Lipinski definition) is 6. The van der Waals surface area contributed by atoms with Crippen LogP contribution in [0.15, 0.2) is 72.1 Å². The second kappa shape index (κ2) is 8.49. The Bertz CT molecular complexity index is 1550. The molecule has 0 saturated carbocycles. The van der Waals surface area contributed by atoms with Gasteiger partial charge in [0.1, 0.15) is 33.8 Å². The molecule has 5 rings (SSSR count). The molecule has 0 fully saturated rings. The van der Waals surface area contributed by atoms with Crippen molar-refractivity contribution in [2.45, 2.75) is 12.8 Å². The molecule has 168 valence electrons. The summed E-state index contributed by atoms with van der Waals surface area (Å²) >= 11 is 7.70. The second-order valence-electron chi connectivity index (χ2n) is 7.81. The highest BCUT2D eigenvalue weighted by Gasteiger charge is 2.31. The Hall–Kier alpha value is -3.86. The van der Waals surface area contributed by atoms with Crippen LogP contribution in [0.3, 0.4) is 0 Å². The SMILES string of the molecule is Cc1ccc2c(Cl)c(C(=O)Oc3ccc4c(c3)OC(N)=C(C#N)C4c3cccc(F)c3)sc2c1. The number of rotatable bonds is 3. The average molecular weight is 491 g/mol. The van der Waals surface area contributed by atoms with Gasteiger partial charge in [-0.3, -0.25) is 0 Å². The molecule has 0 bridgehead atoms. The smallest absolute Gasteiger partial charge is 0.355 e. The first kappa shape index (κ1) is 22.0. The lowest BCUT2D eigenvalue weighted by molar-refractivity contribution is 0.0740. The number of thiophene rings is 1. The summed E-state index contributed by atoms with van der Waals surface area (Å²) in [5, 5.41) is 10.8. The van der Waals surface area contributed by atoms with E-state index in [1.165, 1.54) is 29.5 Å². The molecule has 2 N–H and O–H groups in total. The monoisotopic (exact) mass is 490 g/mol. The molecule has 8 heteroatoms. The molecular formula is C26H16ClFN2O3S. The van der Waals surface area contributed by atoms with Gasteiger partial charge in [-0.1, -0.05) is 41.9 Å². The van der Waals surface area contributed by atoms with E-state index in [0.717, 1.165) is 15.6 Å². The number of benzene rings is 3. The molecule has 1 unspecified atom stereocenters. The number of carbonyl (C=O) groups excluding carboxylic acids is 1. The quantitative estimate of drug-likeness (QED) is 0.264. The molecule has 4 aromatic rings. The summed E-state index contributed by atoms with van der Waals surface area (Å²) in [6, 6.07) is 18.6. The predicted molar refractivity (Wildman–Crippen MR) is 129 cm³/mol. The van der Waals surface area contributed by atoms with E-state index in [4.69, 9.17) is 26.8 Å². The molecule has 2 heterocycles. The van der Waals surface area contributed by atoms with E-state index in [1.807, 2.05) is 25.1 Å². The first-order valence-electron chi connectivity index (χ1n) is 10.2. The third-order valence-electron chi connectivity index (χ3n) is 5.55. The first-order valence-corrected chi connectivity index (χ1v) is 11.4. The van der Waals surface area contributed by atoms with Gasteiger partial charge in [0.15, 0.2) is 0 Å². The number of fused-ring (bicyclic) bond motifs is 2. The molecule has 34 heavy (non-hydrogen) atoms. The Labute approximate surface area is 203 Å². The van der Waals surface area contributed by atoms with E-state index < -0.39 is 17.7 Å². The van der Waals surface area contributed by atoms with Crippen molar-refractivity contribution in [1.82, 2.24) is 0 Å². The van der Waals surface area contributed by atoms with Gasteiger partial charge >= 0.3 is 5.97 Å². The summed E-state index contributed by atoms with van der Waals surface area (Å²) in [6.07, 6.45) is 0. The van der Waals surface area contributed by atoms with Crippen LogP contribution in [-0.2, 0) is 0 Å². The van der Waals surface area contributed by atoms with E-state index in [2.05, 4.69) is 6.07 Å². The van der Waals surface area contributed by atoms with Crippen LogP contribution in [0.1, 0.15) is 32.3 Å². The maximum Gasteiger partial charge on any atom is 0.355 e. The summed E-state index contributed by atoms with van der Waals surface area (Å²) in [7, 11) is 0. The van der Waals surface area contributed by atoms with Gasteiger partial charge in [-0.15, -0.1) is 11.3 Å². The number of halogens is 2. The minimum Gasteiger partial charge on any atom is -0.440 e. The number of nitrogens with two attached hydrogens (primary N) is 1. The van der Waals surface area contributed by atoms with Crippen LogP contribution in [-0.4, -0.2) is 5.97 Å². The number of esters is 1. The Kier molecular flexibility index (Phi) is 5.48. The maximum atomic E-state index is 13.9. The molecule has 1 aliphatic heterocycles. The minimum atomic E-state index is -0.616. The lowest BCUT2D eigenvalue weighted by Gasteiger charge is -2.26. The fraction of sp³-hybridized carbons (Fsp3) is 0.0769. The van der Waals surface area contributed by atoms with Crippen molar-refractivity contribution in [1.29, 1.82) is 5.26 Å². The molecule has 1 aromatic heterocycles. The number of nitrogens with zero attached hydrogens (tertiary/aromatic N) is 1. The minimum absolute atomic E-state index is 0.0874. The summed E-state index contributed by atoms with van der Waals surface area (Å²) in [5.74, 6) is -1.19. The number of hydrogen-bond donors (Lipinski definition) is 1.